The van der Waals surface area contributed by atoms with Gasteiger partial charge in [0.15, 0.2) is 5.65 Å². The van der Waals surface area contributed by atoms with Crippen LogP contribution in [-0.4, -0.2) is 58.0 Å². The number of nitrogens with one attached hydrogen (secondary N) is 2. The molecule has 0 saturated carbocycles. The van der Waals surface area contributed by atoms with Gasteiger partial charge in [-0.1, -0.05) is 18.2 Å². The first-order valence-electron chi connectivity index (χ1n) is 10.9. The van der Waals surface area contributed by atoms with Crippen LogP contribution >= 0.6 is 0 Å². The van der Waals surface area contributed by atoms with Gasteiger partial charge in [0.25, 0.3) is 5.91 Å². The second kappa shape index (κ2) is 10.3. The average molecular weight is 476 g/mol. The summed E-state index contributed by atoms with van der Waals surface area (Å²) in [6.07, 6.45) is 6.89. The van der Waals surface area contributed by atoms with Crippen LogP contribution < -0.4 is 5.32 Å². The second-order valence-corrected chi connectivity index (χ2v) is 7.84. The highest BCUT2D eigenvalue weighted by atomic mass is 19.1. The van der Waals surface area contributed by atoms with E-state index in [0.29, 0.717) is 29.3 Å². The summed E-state index contributed by atoms with van der Waals surface area (Å²) >= 11 is 0. The number of aromatic amines is 1. The van der Waals surface area contributed by atoms with E-state index in [4.69, 9.17) is 4.84 Å². The van der Waals surface area contributed by atoms with Gasteiger partial charge in [0.2, 0.25) is 0 Å². The fourth-order valence-corrected chi connectivity index (χ4v) is 3.79. The first-order valence-corrected chi connectivity index (χ1v) is 10.9. The quantitative estimate of drug-likeness (QED) is 0.212. The molecule has 9 nitrogen and oxygen atoms in total. The zero-order valence-corrected chi connectivity index (χ0v) is 19.7. The van der Waals surface area contributed by atoms with Crippen molar-refractivity contribution in [1.82, 2.24) is 24.6 Å². The summed E-state index contributed by atoms with van der Waals surface area (Å²) in [5.74, 6) is -0.246. The number of benzene rings is 1. The molecule has 3 aromatic heterocycles. The predicted octanol–water partition coefficient (Wildman–Crippen LogP) is 4.41. The van der Waals surface area contributed by atoms with Crippen LogP contribution in [0.2, 0.25) is 0 Å². The topological polar surface area (TPSA) is 99.9 Å². The van der Waals surface area contributed by atoms with Gasteiger partial charge in [0.05, 0.1) is 24.8 Å². The minimum Gasteiger partial charge on any atom is -0.370 e. The predicted molar refractivity (Wildman–Crippen MR) is 135 cm³/mol. The van der Waals surface area contributed by atoms with E-state index in [2.05, 4.69) is 38.2 Å². The van der Waals surface area contributed by atoms with Gasteiger partial charge in [-0.15, -0.1) is 0 Å². The molecule has 0 aliphatic carbocycles. The number of hydrogen-bond donors (Lipinski definition) is 2. The summed E-state index contributed by atoms with van der Waals surface area (Å²) < 4.78 is 15.3. The molecule has 0 fully saturated rings. The number of hydroxylamine groups is 2. The monoisotopic (exact) mass is 475 g/mol. The molecule has 0 spiro atoms. The molecule has 0 aliphatic heterocycles. The molecule has 4 aromatic rings. The van der Waals surface area contributed by atoms with E-state index >= 15 is 0 Å². The smallest absolute Gasteiger partial charge is 0.282 e. The Labute approximate surface area is 201 Å². The highest BCUT2D eigenvalue weighted by molar-refractivity contribution is 5.99. The number of H-pyrrole nitrogens is 1. The zero-order valence-electron chi connectivity index (χ0n) is 19.7. The maximum Gasteiger partial charge on any atom is 0.282 e. The molecule has 2 N–H and O–H groups in total. The Kier molecular flexibility index (Phi) is 7.02. The van der Waals surface area contributed by atoms with E-state index in [0.717, 1.165) is 22.4 Å². The lowest BCUT2D eigenvalue weighted by molar-refractivity contribution is -0.0755. The lowest BCUT2D eigenvalue weighted by atomic mass is 10.1. The van der Waals surface area contributed by atoms with Crippen molar-refractivity contribution in [2.24, 2.45) is 4.99 Å². The molecule has 4 rings (SSSR count). The Balaban J connectivity index is 1.73. The summed E-state index contributed by atoms with van der Waals surface area (Å²) in [6.45, 7) is 5.38. The Morgan fingerprint density at radius 1 is 1.40 bits per heavy atom. The summed E-state index contributed by atoms with van der Waals surface area (Å²) in [6, 6.07) is 9.84. The van der Waals surface area contributed by atoms with Gasteiger partial charge in [-0.05, 0) is 37.8 Å². The molecule has 1 amide bonds. The number of fused-ring (bicyclic) bond motifs is 2. The van der Waals surface area contributed by atoms with E-state index in [1.54, 1.807) is 10.6 Å². The van der Waals surface area contributed by atoms with Gasteiger partial charge in [-0.2, -0.15) is 9.61 Å². The SMILES string of the molecule is C=N/C=C(\C=C(/C)F)c1cc(NCCc2c[nH]c3ccccc23)n2ncc(C(=O)N(C)OC)c2n1. The van der Waals surface area contributed by atoms with Crippen molar-refractivity contribution in [2.75, 3.05) is 26.0 Å². The van der Waals surface area contributed by atoms with E-state index < -0.39 is 11.7 Å². The van der Waals surface area contributed by atoms with Crippen LogP contribution in [0.25, 0.3) is 22.1 Å². The summed E-state index contributed by atoms with van der Waals surface area (Å²) in [5.41, 5.74) is 3.60. The number of amides is 1. The van der Waals surface area contributed by atoms with E-state index in [9.17, 15) is 9.18 Å². The number of hydrogen-bond acceptors (Lipinski definition) is 6. The number of rotatable bonds is 9. The van der Waals surface area contributed by atoms with Crippen LogP contribution in [0.5, 0.6) is 0 Å². The maximum absolute atomic E-state index is 13.8. The molecule has 0 unspecified atom stereocenters. The standard InChI is InChI=1S/C25H26FN7O2/c1-16(26)11-18(13-27-2)22-12-23(28-10-9-17-14-29-21-8-6-5-7-19(17)21)33-24(31-22)20(15-30-33)25(34)32(3)35-4/h5-8,11-15,28-29H,2,9-10H2,1,3-4H3/b16-11+,18-13+. The molecule has 35 heavy (non-hydrogen) atoms. The van der Waals surface area contributed by atoms with Crippen LogP contribution in [0.3, 0.4) is 0 Å². The van der Waals surface area contributed by atoms with Gasteiger partial charge >= 0.3 is 0 Å². The van der Waals surface area contributed by atoms with Crippen LogP contribution in [0.1, 0.15) is 28.5 Å². The summed E-state index contributed by atoms with van der Waals surface area (Å²) in [7, 11) is 2.89. The van der Waals surface area contributed by atoms with Crippen molar-refractivity contribution in [3.63, 3.8) is 0 Å². The van der Waals surface area contributed by atoms with E-state index in [1.165, 1.54) is 45.1 Å². The first kappa shape index (κ1) is 23.8. The number of anilines is 1. The highest BCUT2D eigenvalue weighted by Gasteiger charge is 2.21. The largest absolute Gasteiger partial charge is 0.370 e. The van der Waals surface area contributed by atoms with E-state index in [-0.39, 0.29) is 5.56 Å². The van der Waals surface area contributed by atoms with Crippen LogP contribution in [-0.2, 0) is 11.3 Å². The summed E-state index contributed by atoms with van der Waals surface area (Å²) in [5, 5.41) is 10.00. The normalized spacial score (nSPS) is 12.3. The zero-order chi connectivity index (χ0) is 24.9. The van der Waals surface area contributed by atoms with Crippen molar-refractivity contribution in [3.05, 3.63) is 77.6 Å². The molecule has 1 aromatic carbocycles. The number of para-hydroxylation sites is 1. The summed E-state index contributed by atoms with van der Waals surface area (Å²) in [4.78, 5) is 29.5. The van der Waals surface area contributed by atoms with Gasteiger partial charge in [0.1, 0.15) is 11.4 Å². The molecule has 0 saturated heterocycles. The van der Waals surface area contributed by atoms with Gasteiger partial charge in [0, 0.05) is 48.5 Å². The Morgan fingerprint density at radius 3 is 2.94 bits per heavy atom. The number of carbonyl (C=O) groups excluding carboxylic acids is 1. The fraction of sp³-hybridized carbons (Fsp3) is 0.200. The van der Waals surface area contributed by atoms with Gasteiger partial charge in [-0.25, -0.2) is 14.4 Å². The highest BCUT2D eigenvalue weighted by Crippen LogP contribution is 2.24. The third kappa shape index (κ3) is 4.97. The molecular weight excluding hydrogens is 449 g/mol. The number of carbonyl (C=O) groups is 1. The molecule has 0 bridgehead atoms. The molecule has 0 atom stereocenters. The minimum atomic E-state index is -0.417. The van der Waals surface area contributed by atoms with Crippen LogP contribution in [0, 0.1) is 0 Å². The Morgan fingerprint density at radius 2 is 2.20 bits per heavy atom. The molecule has 3 heterocycles. The van der Waals surface area contributed by atoms with Crippen molar-refractivity contribution in [3.8, 4) is 0 Å². The maximum atomic E-state index is 13.8. The number of halogens is 1. The van der Waals surface area contributed by atoms with Crippen molar-refractivity contribution < 1.29 is 14.0 Å². The first-order chi connectivity index (χ1) is 16.9. The van der Waals surface area contributed by atoms with Crippen molar-refractivity contribution in [2.45, 2.75) is 13.3 Å². The Bertz CT molecular complexity index is 1450. The van der Waals surface area contributed by atoms with Gasteiger partial charge < -0.3 is 10.3 Å². The number of nitrogens with zero attached hydrogens (tertiary/aromatic N) is 5. The van der Waals surface area contributed by atoms with Crippen molar-refractivity contribution in [1.29, 1.82) is 0 Å². The number of allylic oxidation sites excluding steroid dienone is 3. The molecule has 0 radical (unpaired) electrons. The van der Waals surface area contributed by atoms with E-state index in [1.807, 2.05) is 24.4 Å². The second-order valence-electron chi connectivity index (χ2n) is 7.84. The minimum absolute atomic E-state index is 0.239. The third-order valence-electron chi connectivity index (χ3n) is 5.52. The number of aliphatic imine (C=N–C) groups is 1. The Hall–Kier alpha value is -4.31. The molecule has 180 valence electrons. The third-order valence-corrected chi connectivity index (χ3v) is 5.52. The lowest BCUT2D eigenvalue weighted by Gasteiger charge is -2.14. The number of aromatic nitrogens is 4. The fourth-order valence-electron chi connectivity index (χ4n) is 3.79. The van der Waals surface area contributed by atoms with Gasteiger partial charge in [-0.3, -0.25) is 14.6 Å². The molecule has 0 aliphatic rings. The molecular formula is C25H26FN7O2. The van der Waals surface area contributed by atoms with Crippen LogP contribution in [0.4, 0.5) is 10.2 Å². The van der Waals surface area contributed by atoms with Crippen LogP contribution in [0.15, 0.2) is 65.8 Å². The molecule has 10 heteroatoms. The van der Waals surface area contributed by atoms with Crippen molar-refractivity contribution >= 4 is 40.6 Å². The lowest BCUT2D eigenvalue weighted by Crippen LogP contribution is -2.25. The average Bonchev–Trinajstić information content (AvgIpc) is 3.47.